The Bertz CT molecular complexity index is 518. The number of halogens is 4. The molecule has 8 heteroatoms. The van der Waals surface area contributed by atoms with Crippen molar-refractivity contribution in [2.75, 3.05) is 12.3 Å². The molecule has 1 aromatic carbocycles. The maximum absolute atomic E-state index is 13.5. The second-order valence-electron chi connectivity index (χ2n) is 4.86. The van der Waals surface area contributed by atoms with Crippen molar-refractivity contribution >= 4 is 11.6 Å². The summed E-state index contributed by atoms with van der Waals surface area (Å²) in [5.41, 5.74) is 1.10. The summed E-state index contributed by atoms with van der Waals surface area (Å²) in [5, 5.41) is 11.0. The number of benzene rings is 1. The molecule has 4 N–H and O–H groups in total. The second-order valence-corrected chi connectivity index (χ2v) is 4.86. The summed E-state index contributed by atoms with van der Waals surface area (Å²) in [5.74, 6) is -8.71. The van der Waals surface area contributed by atoms with Gasteiger partial charge in [0.15, 0.2) is 23.3 Å². The molecule has 0 saturated heterocycles. The van der Waals surface area contributed by atoms with Gasteiger partial charge in [-0.15, -0.1) is 0 Å². The van der Waals surface area contributed by atoms with E-state index in [-0.39, 0.29) is 13.0 Å². The van der Waals surface area contributed by atoms with E-state index in [4.69, 9.17) is 10.8 Å². The molecule has 0 spiro atoms. The molecule has 0 aliphatic carbocycles. The topological polar surface area (TPSA) is 75.3 Å². The standard InChI is InChI=1S/C12H14F4N2O2/c1-12(2,3-4-19)18-11(20)5-6(13)8(15)10(17)9(16)7(5)14/h19H,3-4,17H2,1-2H3,(H,18,20). The van der Waals surface area contributed by atoms with Gasteiger partial charge >= 0.3 is 0 Å². The van der Waals surface area contributed by atoms with E-state index < -0.39 is 46.0 Å². The van der Waals surface area contributed by atoms with E-state index in [1.165, 1.54) is 13.8 Å². The molecule has 1 amide bonds. The number of hydrogen-bond acceptors (Lipinski definition) is 3. The fraction of sp³-hybridized carbons (Fsp3) is 0.417. The van der Waals surface area contributed by atoms with Gasteiger partial charge in [-0.3, -0.25) is 4.79 Å². The number of carbonyl (C=O) groups is 1. The number of nitrogen functional groups attached to an aromatic ring is 1. The minimum atomic E-state index is -1.86. The Hall–Kier alpha value is -1.83. The predicted octanol–water partition coefficient (Wildman–Crippen LogP) is 1.72. The monoisotopic (exact) mass is 294 g/mol. The van der Waals surface area contributed by atoms with E-state index in [1.807, 2.05) is 0 Å². The minimum absolute atomic E-state index is 0.0852. The van der Waals surface area contributed by atoms with Crippen molar-refractivity contribution in [3.8, 4) is 0 Å². The average Bonchev–Trinajstić information content (AvgIpc) is 2.33. The van der Waals surface area contributed by atoms with Gasteiger partial charge in [0.2, 0.25) is 0 Å². The lowest BCUT2D eigenvalue weighted by molar-refractivity contribution is 0.0888. The number of anilines is 1. The van der Waals surface area contributed by atoms with Gasteiger partial charge in [-0.1, -0.05) is 0 Å². The third-order valence-corrected chi connectivity index (χ3v) is 2.71. The molecule has 20 heavy (non-hydrogen) atoms. The summed E-state index contributed by atoms with van der Waals surface area (Å²) < 4.78 is 53.6. The third-order valence-electron chi connectivity index (χ3n) is 2.71. The van der Waals surface area contributed by atoms with Crippen LogP contribution in [0.15, 0.2) is 0 Å². The average molecular weight is 294 g/mol. The molecule has 0 aliphatic heterocycles. The summed E-state index contributed by atoms with van der Waals surface area (Å²) in [6.45, 7) is 2.66. The molecule has 0 aromatic heterocycles. The fourth-order valence-corrected chi connectivity index (χ4v) is 1.56. The molecular formula is C12H14F4N2O2. The third kappa shape index (κ3) is 3.01. The maximum atomic E-state index is 13.5. The van der Waals surface area contributed by atoms with E-state index in [1.54, 1.807) is 0 Å². The van der Waals surface area contributed by atoms with Crippen molar-refractivity contribution in [2.24, 2.45) is 0 Å². The molecule has 0 saturated carbocycles. The number of aliphatic hydroxyl groups is 1. The second kappa shape index (κ2) is 5.66. The highest BCUT2D eigenvalue weighted by molar-refractivity contribution is 5.95. The first-order valence-electron chi connectivity index (χ1n) is 5.67. The quantitative estimate of drug-likeness (QED) is 0.449. The lowest BCUT2D eigenvalue weighted by Gasteiger charge is -2.25. The number of amides is 1. The lowest BCUT2D eigenvalue weighted by Crippen LogP contribution is -2.44. The molecular weight excluding hydrogens is 280 g/mol. The molecule has 0 fully saturated rings. The Morgan fingerprint density at radius 2 is 1.60 bits per heavy atom. The van der Waals surface area contributed by atoms with Gasteiger partial charge in [0.1, 0.15) is 11.3 Å². The highest BCUT2D eigenvalue weighted by atomic mass is 19.2. The van der Waals surface area contributed by atoms with E-state index in [9.17, 15) is 22.4 Å². The summed E-state index contributed by atoms with van der Waals surface area (Å²) in [4.78, 5) is 11.7. The van der Waals surface area contributed by atoms with E-state index >= 15 is 0 Å². The van der Waals surface area contributed by atoms with E-state index in [0.717, 1.165) is 0 Å². The first-order chi connectivity index (χ1) is 9.12. The van der Waals surface area contributed by atoms with Crippen LogP contribution in [0.2, 0.25) is 0 Å². The van der Waals surface area contributed by atoms with Gasteiger partial charge in [-0.2, -0.15) is 0 Å². The fourth-order valence-electron chi connectivity index (χ4n) is 1.56. The Morgan fingerprint density at radius 3 is 2.00 bits per heavy atom. The molecule has 0 heterocycles. The van der Waals surface area contributed by atoms with E-state index in [0.29, 0.717) is 0 Å². The van der Waals surface area contributed by atoms with Crippen molar-refractivity contribution in [3.05, 3.63) is 28.8 Å². The van der Waals surface area contributed by atoms with Crippen molar-refractivity contribution in [2.45, 2.75) is 25.8 Å². The van der Waals surface area contributed by atoms with Crippen LogP contribution in [0.25, 0.3) is 0 Å². The first-order valence-corrected chi connectivity index (χ1v) is 5.67. The molecule has 0 aliphatic rings. The van der Waals surface area contributed by atoms with Crippen LogP contribution in [-0.2, 0) is 0 Å². The van der Waals surface area contributed by atoms with Crippen LogP contribution in [-0.4, -0.2) is 23.2 Å². The molecule has 0 radical (unpaired) electrons. The number of carbonyl (C=O) groups excluding carboxylic acids is 1. The molecule has 112 valence electrons. The summed E-state index contributed by atoms with van der Waals surface area (Å²) in [6.07, 6.45) is 0.0852. The molecule has 0 atom stereocenters. The lowest BCUT2D eigenvalue weighted by atomic mass is 10.00. The molecule has 0 unspecified atom stereocenters. The summed E-state index contributed by atoms with van der Waals surface area (Å²) in [6, 6.07) is 0. The number of nitrogens with two attached hydrogens (primary N) is 1. The molecule has 4 nitrogen and oxygen atoms in total. The number of rotatable bonds is 4. The van der Waals surface area contributed by atoms with Crippen LogP contribution < -0.4 is 11.1 Å². The normalized spacial score (nSPS) is 11.6. The SMILES string of the molecule is CC(C)(CCO)NC(=O)c1c(F)c(F)c(N)c(F)c1F. The van der Waals surface area contributed by atoms with E-state index in [2.05, 4.69) is 5.32 Å². The maximum Gasteiger partial charge on any atom is 0.257 e. The van der Waals surface area contributed by atoms with Crippen molar-refractivity contribution in [3.63, 3.8) is 0 Å². The van der Waals surface area contributed by atoms with Crippen LogP contribution in [0, 0.1) is 23.3 Å². The Kier molecular flexibility index (Phi) is 4.59. The van der Waals surface area contributed by atoms with Crippen molar-refractivity contribution in [1.29, 1.82) is 0 Å². The van der Waals surface area contributed by atoms with Gasteiger partial charge in [-0.25, -0.2) is 17.6 Å². The van der Waals surface area contributed by atoms with Crippen LogP contribution in [0.1, 0.15) is 30.6 Å². The smallest absolute Gasteiger partial charge is 0.257 e. The van der Waals surface area contributed by atoms with Crippen LogP contribution in [0.5, 0.6) is 0 Å². The first kappa shape index (κ1) is 16.2. The Balaban J connectivity index is 3.24. The number of aliphatic hydroxyl groups excluding tert-OH is 1. The zero-order valence-electron chi connectivity index (χ0n) is 10.9. The zero-order chi connectivity index (χ0) is 15.7. The summed E-state index contributed by atoms with van der Waals surface area (Å²) in [7, 11) is 0. The Labute approximate surface area is 112 Å². The summed E-state index contributed by atoms with van der Waals surface area (Å²) >= 11 is 0. The predicted molar refractivity (Wildman–Crippen MR) is 63.9 cm³/mol. The van der Waals surface area contributed by atoms with Gasteiger partial charge in [0, 0.05) is 12.1 Å². The van der Waals surface area contributed by atoms with Gasteiger partial charge < -0.3 is 16.2 Å². The zero-order valence-corrected chi connectivity index (χ0v) is 10.9. The Morgan fingerprint density at radius 1 is 1.15 bits per heavy atom. The molecule has 1 aromatic rings. The van der Waals surface area contributed by atoms with Crippen LogP contribution >= 0.6 is 0 Å². The van der Waals surface area contributed by atoms with Gasteiger partial charge in [0.05, 0.1) is 0 Å². The van der Waals surface area contributed by atoms with Crippen molar-refractivity contribution < 1.29 is 27.5 Å². The largest absolute Gasteiger partial charge is 0.396 e. The minimum Gasteiger partial charge on any atom is -0.396 e. The highest BCUT2D eigenvalue weighted by Crippen LogP contribution is 2.26. The highest BCUT2D eigenvalue weighted by Gasteiger charge is 2.30. The van der Waals surface area contributed by atoms with Crippen molar-refractivity contribution in [1.82, 2.24) is 5.32 Å². The van der Waals surface area contributed by atoms with Crippen LogP contribution in [0.3, 0.4) is 0 Å². The van der Waals surface area contributed by atoms with Gasteiger partial charge in [0.25, 0.3) is 5.91 Å². The molecule has 0 bridgehead atoms. The van der Waals surface area contributed by atoms with Crippen LogP contribution in [0.4, 0.5) is 23.2 Å². The number of nitrogens with one attached hydrogen (secondary N) is 1. The molecule has 1 rings (SSSR count). The van der Waals surface area contributed by atoms with Gasteiger partial charge in [-0.05, 0) is 20.3 Å². The number of hydrogen-bond donors (Lipinski definition) is 3.